The first kappa shape index (κ1) is 12.0. The van der Waals surface area contributed by atoms with Gasteiger partial charge in [-0.15, -0.1) is 0 Å². The van der Waals surface area contributed by atoms with E-state index in [0.29, 0.717) is 17.4 Å². The molecule has 2 heterocycles. The molecule has 1 aromatic heterocycles. The van der Waals surface area contributed by atoms with Gasteiger partial charge in [-0.1, -0.05) is 0 Å². The molecule has 1 fully saturated rings. The molecular weight excluding hydrogens is 294 g/mol. The fourth-order valence-corrected chi connectivity index (χ4v) is 3.82. The third-order valence-corrected chi connectivity index (χ3v) is 4.86. The zero-order chi connectivity index (χ0) is 11.8. The molecule has 0 saturated carbocycles. The predicted octanol–water partition coefficient (Wildman–Crippen LogP) is 0.913. The number of aromatic nitrogens is 1. The Balaban J connectivity index is 2.39. The van der Waals surface area contributed by atoms with Crippen molar-refractivity contribution in [2.45, 2.75) is 23.9 Å². The van der Waals surface area contributed by atoms with Crippen LogP contribution < -0.4 is 5.73 Å². The number of nitrogens with zero attached hydrogens (tertiary/aromatic N) is 2. The van der Waals surface area contributed by atoms with Gasteiger partial charge in [0, 0.05) is 23.4 Å². The van der Waals surface area contributed by atoms with Crippen LogP contribution in [-0.4, -0.2) is 30.4 Å². The molecule has 88 valence electrons. The van der Waals surface area contributed by atoms with Gasteiger partial charge in [-0.2, -0.15) is 4.31 Å². The lowest BCUT2D eigenvalue weighted by molar-refractivity contribution is 0.396. The average molecular weight is 306 g/mol. The highest BCUT2D eigenvalue weighted by atomic mass is 79.9. The van der Waals surface area contributed by atoms with Gasteiger partial charge < -0.3 is 5.73 Å². The summed E-state index contributed by atoms with van der Waals surface area (Å²) in [5, 5.41) is 0. The Hall–Kier alpha value is -0.500. The Morgan fingerprint density at radius 2 is 2.25 bits per heavy atom. The number of nitrogens with two attached hydrogens (primary N) is 1. The minimum absolute atomic E-state index is 0.180. The Morgan fingerprint density at radius 1 is 1.50 bits per heavy atom. The Labute approximate surface area is 103 Å². The molecular formula is C9H12BrN3O2S. The lowest BCUT2D eigenvalue weighted by Gasteiger charge is -2.20. The maximum absolute atomic E-state index is 12.2. The van der Waals surface area contributed by atoms with Crippen molar-refractivity contribution in [1.29, 1.82) is 0 Å². The van der Waals surface area contributed by atoms with E-state index in [1.165, 1.54) is 16.6 Å². The molecule has 1 aliphatic rings. The number of hydrogen-bond acceptors (Lipinski definition) is 4. The van der Waals surface area contributed by atoms with Crippen molar-refractivity contribution in [2.75, 3.05) is 6.54 Å². The first-order valence-electron chi connectivity index (χ1n) is 4.90. The second kappa shape index (κ2) is 4.40. The number of hydrogen-bond donors (Lipinski definition) is 1. The van der Waals surface area contributed by atoms with Crippen LogP contribution in [0.25, 0.3) is 0 Å². The van der Waals surface area contributed by atoms with Crippen molar-refractivity contribution >= 4 is 26.0 Å². The van der Waals surface area contributed by atoms with Crippen LogP contribution in [-0.2, 0) is 10.0 Å². The molecule has 0 aromatic carbocycles. The van der Waals surface area contributed by atoms with Crippen molar-refractivity contribution < 1.29 is 8.42 Å². The fraction of sp³-hybridized carbons (Fsp3) is 0.444. The van der Waals surface area contributed by atoms with Crippen molar-refractivity contribution in [3.63, 3.8) is 0 Å². The van der Waals surface area contributed by atoms with Gasteiger partial charge in [0.1, 0.15) is 4.90 Å². The highest BCUT2D eigenvalue weighted by molar-refractivity contribution is 9.10. The minimum atomic E-state index is -3.49. The van der Waals surface area contributed by atoms with Gasteiger partial charge in [0.25, 0.3) is 0 Å². The molecule has 0 bridgehead atoms. The topological polar surface area (TPSA) is 76.3 Å². The molecule has 1 aromatic rings. The van der Waals surface area contributed by atoms with Crippen LogP contribution in [0.1, 0.15) is 12.8 Å². The molecule has 0 amide bonds. The molecule has 2 rings (SSSR count). The predicted molar refractivity (Wildman–Crippen MR) is 63.0 cm³/mol. The van der Waals surface area contributed by atoms with Gasteiger partial charge in [0.05, 0.1) is 6.17 Å². The van der Waals surface area contributed by atoms with Crippen LogP contribution in [0.2, 0.25) is 0 Å². The maximum Gasteiger partial charge on any atom is 0.246 e. The van der Waals surface area contributed by atoms with Gasteiger partial charge in [-0.25, -0.2) is 8.42 Å². The summed E-state index contributed by atoms with van der Waals surface area (Å²) >= 11 is 3.20. The van der Waals surface area contributed by atoms with Crippen molar-refractivity contribution in [1.82, 2.24) is 9.29 Å². The summed E-state index contributed by atoms with van der Waals surface area (Å²) < 4.78 is 26.3. The summed E-state index contributed by atoms with van der Waals surface area (Å²) in [6.45, 7) is 0.482. The molecule has 0 spiro atoms. The van der Waals surface area contributed by atoms with Crippen LogP contribution >= 0.6 is 15.9 Å². The monoisotopic (exact) mass is 305 g/mol. The fourth-order valence-electron chi connectivity index (χ4n) is 1.73. The first-order chi connectivity index (χ1) is 7.51. The van der Waals surface area contributed by atoms with Gasteiger partial charge in [-0.3, -0.25) is 4.98 Å². The standard InChI is InChI=1S/C9H12BrN3O2S/c10-7-4-8(6-12-5-7)16(14,15)13-3-1-2-9(13)11/h4-6,9H,1-3,11H2. The number of halogens is 1. The van der Waals surface area contributed by atoms with E-state index in [1.54, 1.807) is 6.20 Å². The first-order valence-corrected chi connectivity index (χ1v) is 7.13. The smallest absolute Gasteiger partial charge is 0.246 e. The largest absolute Gasteiger partial charge is 0.315 e. The van der Waals surface area contributed by atoms with Crippen LogP contribution in [0.5, 0.6) is 0 Å². The molecule has 16 heavy (non-hydrogen) atoms. The molecule has 0 aliphatic carbocycles. The average Bonchev–Trinajstić information content (AvgIpc) is 2.65. The van der Waals surface area contributed by atoms with Gasteiger partial charge >= 0.3 is 0 Å². The van der Waals surface area contributed by atoms with E-state index in [-0.39, 0.29) is 4.90 Å². The lowest BCUT2D eigenvalue weighted by Crippen LogP contribution is -2.40. The van der Waals surface area contributed by atoms with Gasteiger partial charge in [0.2, 0.25) is 10.0 Å². The van der Waals surface area contributed by atoms with Crippen LogP contribution in [0.15, 0.2) is 27.8 Å². The lowest BCUT2D eigenvalue weighted by atomic mass is 10.3. The normalized spacial score (nSPS) is 22.5. The summed E-state index contributed by atoms with van der Waals surface area (Å²) in [7, 11) is -3.49. The van der Waals surface area contributed by atoms with E-state index in [0.717, 1.165) is 6.42 Å². The van der Waals surface area contributed by atoms with E-state index < -0.39 is 16.2 Å². The Bertz CT molecular complexity index is 491. The van der Waals surface area contributed by atoms with Crippen molar-refractivity contribution in [3.8, 4) is 0 Å². The summed E-state index contributed by atoms with van der Waals surface area (Å²) in [6.07, 6.45) is 3.99. The molecule has 1 saturated heterocycles. The molecule has 1 unspecified atom stereocenters. The molecule has 5 nitrogen and oxygen atoms in total. The van der Waals surface area contributed by atoms with E-state index in [1.807, 2.05) is 0 Å². The minimum Gasteiger partial charge on any atom is -0.315 e. The van der Waals surface area contributed by atoms with E-state index >= 15 is 0 Å². The maximum atomic E-state index is 12.2. The number of rotatable bonds is 2. The third-order valence-electron chi connectivity index (χ3n) is 2.53. The second-order valence-corrected chi connectivity index (χ2v) is 6.47. The molecule has 2 N–H and O–H groups in total. The molecule has 1 aliphatic heterocycles. The molecule has 1 atom stereocenters. The summed E-state index contributed by atoms with van der Waals surface area (Å²) in [4.78, 5) is 4.03. The zero-order valence-electron chi connectivity index (χ0n) is 8.51. The zero-order valence-corrected chi connectivity index (χ0v) is 10.9. The highest BCUT2D eigenvalue weighted by Crippen LogP contribution is 2.24. The summed E-state index contributed by atoms with van der Waals surface area (Å²) in [5.41, 5.74) is 5.76. The Morgan fingerprint density at radius 3 is 2.81 bits per heavy atom. The summed E-state index contributed by atoms with van der Waals surface area (Å²) in [5.74, 6) is 0. The second-order valence-electron chi connectivity index (χ2n) is 3.66. The van der Waals surface area contributed by atoms with E-state index in [2.05, 4.69) is 20.9 Å². The van der Waals surface area contributed by atoms with Crippen molar-refractivity contribution in [3.05, 3.63) is 22.9 Å². The molecule has 7 heteroatoms. The highest BCUT2D eigenvalue weighted by Gasteiger charge is 2.33. The number of pyridine rings is 1. The van der Waals surface area contributed by atoms with E-state index in [4.69, 9.17) is 5.73 Å². The van der Waals surface area contributed by atoms with E-state index in [9.17, 15) is 8.42 Å². The van der Waals surface area contributed by atoms with Gasteiger partial charge in [-0.05, 0) is 34.8 Å². The third kappa shape index (κ3) is 2.13. The van der Waals surface area contributed by atoms with Crippen LogP contribution in [0.3, 0.4) is 0 Å². The number of sulfonamides is 1. The molecule has 0 radical (unpaired) electrons. The SMILES string of the molecule is NC1CCCN1S(=O)(=O)c1cncc(Br)c1. The van der Waals surface area contributed by atoms with Crippen LogP contribution in [0.4, 0.5) is 0 Å². The Kier molecular flexibility index (Phi) is 3.29. The quantitative estimate of drug-likeness (QED) is 0.881. The van der Waals surface area contributed by atoms with Crippen molar-refractivity contribution in [2.24, 2.45) is 5.73 Å². The van der Waals surface area contributed by atoms with Gasteiger partial charge in [0.15, 0.2) is 0 Å². The summed E-state index contributed by atoms with van der Waals surface area (Å²) in [6, 6.07) is 1.54. The van der Waals surface area contributed by atoms with Crippen LogP contribution in [0, 0.1) is 0 Å².